The number of benzene rings is 1. The van der Waals surface area contributed by atoms with Gasteiger partial charge in [0.25, 0.3) is 0 Å². The second kappa shape index (κ2) is 10.1. The van der Waals surface area contributed by atoms with E-state index in [-0.39, 0.29) is 12.6 Å². The van der Waals surface area contributed by atoms with Gasteiger partial charge in [0.2, 0.25) is 0 Å². The van der Waals surface area contributed by atoms with E-state index < -0.39 is 12.1 Å². The topological polar surface area (TPSA) is 89.0 Å². The Morgan fingerprint density at radius 1 is 1.09 bits per heavy atom. The van der Waals surface area contributed by atoms with Crippen LogP contribution in [0.25, 0.3) is 11.3 Å². The molecule has 7 nitrogen and oxygen atoms in total. The number of carboxylic acid groups (broad SMARTS) is 1. The molecule has 1 amide bonds. The lowest BCUT2D eigenvalue weighted by Gasteiger charge is -2.28. The van der Waals surface area contributed by atoms with Gasteiger partial charge >= 0.3 is 12.1 Å². The molecule has 2 aliphatic rings. The van der Waals surface area contributed by atoms with Crippen molar-refractivity contribution in [3.05, 3.63) is 48.2 Å². The summed E-state index contributed by atoms with van der Waals surface area (Å²) >= 11 is 0. The van der Waals surface area contributed by atoms with Gasteiger partial charge in [-0.2, -0.15) is 0 Å². The number of pyridine rings is 1. The number of methoxy groups -OCH3 is 1. The first-order valence-electron chi connectivity index (χ1n) is 11.3. The summed E-state index contributed by atoms with van der Waals surface area (Å²) in [5.41, 5.74) is 3.81. The number of aromatic nitrogens is 1. The predicted octanol–water partition coefficient (Wildman–Crippen LogP) is 5.21. The summed E-state index contributed by atoms with van der Waals surface area (Å²) in [6, 6.07) is 12.3. The van der Waals surface area contributed by atoms with E-state index >= 15 is 0 Å². The number of hydrogen-bond acceptors (Lipinski definition) is 5. The van der Waals surface area contributed by atoms with Crippen molar-refractivity contribution in [1.29, 1.82) is 0 Å². The maximum absolute atomic E-state index is 12.3. The van der Waals surface area contributed by atoms with Gasteiger partial charge < -0.3 is 14.6 Å². The summed E-state index contributed by atoms with van der Waals surface area (Å²) in [5.74, 6) is 0.108. The number of aliphatic carboxylic acids is 1. The lowest BCUT2D eigenvalue weighted by Crippen LogP contribution is -2.40. The van der Waals surface area contributed by atoms with E-state index in [1.165, 1.54) is 17.6 Å². The molecule has 4 rings (SSSR count). The fourth-order valence-corrected chi connectivity index (χ4v) is 4.82. The highest BCUT2D eigenvalue weighted by atomic mass is 16.6. The van der Waals surface area contributed by atoms with Gasteiger partial charge in [-0.1, -0.05) is 24.3 Å². The van der Waals surface area contributed by atoms with Gasteiger partial charge in [-0.05, 0) is 68.1 Å². The Morgan fingerprint density at radius 3 is 2.41 bits per heavy atom. The van der Waals surface area contributed by atoms with Gasteiger partial charge in [-0.25, -0.2) is 9.69 Å². The normalized spacial score (nSPS) is 23.0. The van der Waals surface area contributed by atoms with E-state index in [2.05, 4.69) is 29.2 Å². The lowest BCUT2D eigenvalue weighted by atomic mass is 9.77. The average Bonchev–Trinajstić information content (AvgIpc) is 3.34. The zero-order chi connectivity index (χ0) is 22.5. The van der Waals surface area contributed by atoms with Crippen LogP contribution in [0, 0.1) is 5.92 Å². The van der Waals surface area contributed by atoms with Crippen LogP contribution in [0.5, 0.6) is 0 Å². The van der Waals surface area contributed by atoms with Crippen molar-refractivity contribution in [2.75, 3.05) is 18.6 Å². The minimum atomic E-state index is -0.693. The molecule has 7 heteroatoms. The van der Waals surface area contributed by atoms with Crippen molar-refractivity contribution in [3.8, 4) is 11.3 Å². The molecule has 1 saturated heterocycles. The molecule has 0 radical (unpaired) electrons. The monoisotopic (exact) mass is 438 g/mol. The van der Waals surface area contributed by atoms with E-state index in [0.29, 0.717) is 24.1 Å². The third-order valence-corrected chi connectivity index (χ3v) is 6.58. The molecule has 1 saturated carbocycles. The Hall–Kier alpha value is -2.93. The highest BCUT2D eigenvalue weighted by Gasteiger charge is 2.30. The SMILES string of the molecule is COC(=O)N(c1ccc(-c2ccc(C3CCC(CC(=O)O)CC3)cc2)nc1)C1CCCO1. The molecule has 1 unspecified atom stereocenters. The zero-order valence-corrected chi connectivity index (χ0v) is 18.4. The van der Waals surface area contributed by atoms with Crippen molar-refractivity contribution in [2.24, 2.45) is 5.92 Å². The number of nitrogens with zero attached hydrogens (tertiary/aromatic N) is 2. The Balaban J connectivity index is 1.42. The second-order valence-electron chi connectivity index (χ2n) is 8.65. The van der Waals surface area contributed by atoms with Crippen LogP contribution in [0.2, 0.25) is 0 Å². The van der Waals surface area contributed by atoms with Crippen LogP contribution in [-0.4, -0.2) is 42.1 Å². The lowest BCUT2D eigenvalue weighted by molar-refractivity contribution is -0.138. The number of carbonyl (C=O) groups excluding carboxylic acids is 1. The third-order valence-electron chi connectivity index (χ3n) is 6.58. The van der Waals surface area contributed by atoms with Gasteiger partial charge in [-0.15, -0.1) is 0 Å². The zero-order valence-electron chi connectivity index (χ0n) is 18.4. The highest BCUT2D eigenvalue weighted by molar-refractivity contribution is 5.88. The Morgan fingerprint density at radius 2 is 1.84 bits per heavy atom. The highest BCUT2D eigenvalue weighted by Crippen LogP contribution is 2.37. The van der Waals surface area contributed by atoms with Gasteiger partial charge in [0.05, 0.1) is 24.7 Å². The molecule has 1 aliphatic heterocycles. The molecule has 1 aromatic heterocycles. The van der Waals surface area contributed by atoms with Crippen molar-refractivity contribution in [3.63, 3.8) is 0 Å². The third kappa shape index (κ3) is 5.10. The maximum atomic E-state index is 12.3. The summed E-state index contributed by atoms with van der Waals surface area (Å²) in [6.45, 7) is 0.636. The maximum Gasteiger partial charge on any atom is 0.416 e. The molecule has 2 aromatic rings. The van der Waals surface area contributed by atoms with Crippen LogP contribution >= 0.6 is 0 Å². The van der Waals surface area contributed by atoms with Crippen molar-refractivity contribution in [1.82, 2.24) is 4.98 Å². The van der Waals surface area contributed by atoms with Crippen LogP contribution in [0.4, 0.5) is 10.5 Å². The number of hydrogen-bond donors (Lipinski definition) is 1. The fourth-order valence-electron chi connectivity index (χ4n) is 4.82. The van der Waals surface area contributed by atoms with Crippen LogP contribution in [0.1, 0.15) is 56.4 Å². The number of amides is 1. The molecule has 2 heterocycles. The minimum Gasteiger partial charge on any atom is -0.481 e. The molecule has 32 heavy (non-hydrogen) atoms. The number of ether oxygens (including phenoxy) is 2. The Bertz CT molecular complexity index is 914. The average molecular weight is 439 g/mol. The second-order valence-corrected chi connectivity index (χ2v) is 8.65. The predicted molar refractivity (Wildman–Crippen MR) is 120 cm³/mol. The number of rotatable bonds is 6. The van der Waals surface area contributed by atoms with E-state index in [9.17, 15) is 9.59 Å². The molecule has 2 fully saturated rings. The largest absolute Gasteiger partial charge is 0.481 e. The first-order chi connectivity index (χ1) is 15.5. The van der Waals surface area contributed by atoms with E-state index in [0.717, 1.165) is 49.8 Å². The number of anilines is 1. The van der Waals surface area contributed by atoms with Crippen LogP contribution < -0.4 is 4.90 Å². The van der Waals surface area contributed by atoms with Gasteiger partial charge in [0.1, 0.15) is 6.23 Å². The van der Waals surface area contributed by atoms with Gasteiger partial charge in [0, 0.05) is 18.6 Å². The van der Waals surface area contributed by atoms with E-state index in [1.807, 2.05) is 12.1 Å². The van der Waals surface area contributed by atoms with E-state index in [1.54, 1.807) is 6.20 Å². The molecule has 0 spiro atoms. The molecule has 170 valence electrons. The Kier molecular flexibility index (Phi) is 7.05. The van der Waals surface area contributed by atoms with Gasteiger partial charge in [0.15, 0.2) is 0 Å². The minimum absolute atomic E-state index is 0.285. The van der Waals surface area contributed by atoms with Gasteiger partial charge in [-0.3, -0.25) is 9.78 Å². The quantitative estimate of drug-likeness (QED) is 0.666. The number of carboxylic acids is 1. The van der Waals surface area contributed by atoms with E-state index in [4.69, 9.17) is 14.6 Å². The summed E-state index contributed by atoms with van der Waals surface area (Å²) in [4.78, 5) is 29.3. The van der Waals surface area contributed by atoms with Crippen molar-refractivity contribution >= 4 is 17.7 Å². The Labute approximate surface area is 188 Å². The van der Waals surface area contributed by atoms with Crippen LogP contribution in [0.3, 0.4) is 0 Å². The molecular formula is C25H30N2O5. The molecule has 1 N–H and O–H groups in total. The summed E-state index contributed by atoms with van der Waals surface area (Å²) in [7, 11) is 1.37. The summed E-state index contributed by atoms with van der Waals surface area (Å²) in [6.07, 6.45) is 6.92. The first-order valence-corrected chi connectivity index (χ1v) is 11.3. The summed E-state index contributed by atoms with van der Waals surface area (Å²) < 4.78 is 10.6. The fraction of sp³-hybridized carbons (Fsp3) is 0.480. The number of carbonyl (C=O) groups is 2. The molecule has 0 bridgehead atoms. The molecule has 1 atom stereocenters. The molecule has 1 aliphatic carbocycles. The molecule has 1 aromatic carbocycles. The summed E-state index contributed by atoms with van der Waals surface area (Å²) in [5, 5.41) is 8.99. The van der Waals surface area contributed by atoms with Crippen molar-refractivity contribution in [2.45, 2.75) is 57.1 Å². The molecular weight excluding hydrogens is 408 g/mol. The smallest absolute Gasteiger partial charge is 0.416 e. The first kappa shape index (κ1) is 22.3. The van der Waals surface area contributed by atoms with Crippen LogP contribution in [-0.2, 0) is 14.3 Å². The van der Waals surface area contributed by atoms with Crippen molar-refractivity contribution < 1.29 is 24.2 Å². The van der Waals surface area contributed by atoms with Crippen LogP contribution in [0.15, 0.2) is 42.6 Å². The standard InChI is InChI=1S/C25H30N2O5/c1-31-25(30)27(23-3-2-14-32-23)21-12-13-22(26-16-21)20-10-8-19(9-11-20)18-6-4-17(5-7-18)15-24(28)29/h8-13,16-18,23H,2-7,14-15H2,1H3,(H,28,29).